The summed E-state index contributed by atoms with van der Waals surface area (Å²) in [6.45, 7) is 5.86. The van der Waals surface area contributed by atoms with E-state index in [0.717, 1.165) is 17.0 Å². The molecule has 0 fully saturated rings. The first-order chi connectivity index (χ1) is 8.91. The van der Waals surface area contributed by atoms with Crippen molar-refractivity contribution in [1.29, 1.82) is 0 Å². The summed E-state index contributed by atoms with van der Waals surface area (Å²) in [6, 6.07) is 7.71. The van der Waals surface area contributed by atoms with Crippen molar-refractivity contribution in [3.8, 4) is 0 Å². The van der Waals surface area contributed by atoms with Crippen LogP contribution in [-0.2, 0) is 11.2 Å². The maximum atomic E-state index is 12.1. The van der Waals surface area contributed by atoms with Gasteiger partial charge in [0.1, 0.15) is 0 Å². The highest BCUT2D eigenvalue weighted by molar-refractivity contribution is 6.30. The molecule has 0 aromatic heterocycles. The molecule has 0 spiro atoms. The number of hydrogen-bond acceptors (Lipinski definition) is 2. The number of halogens is 1. The predicted molar refractivity (Wildman–Crippen MR) is 80.3 cm³/mol. The summed E-state index contributed by atoms with van der Waals surface area (Å²) in [5.74, 6) is -0.0704. The summed E-state index contributed by atoms with van der Waals surface area (Å²) in [6.07, 6.45) is 2.05. The molecule has 19 heavy (non-hydrogen) atoms. The average molecular weight is 283 g/mol. The van der Waals surface area contributed by atoms with Crippen molar-refractivity contribution in [1.82, 2.24) is 5.32 Å². The van der Waals surface area contributed by atoms with E-state index in [9.17, 15) is 4.79 Å². The van der Waals surface area contributed by atoms with Gasteiger partial charge in [0.05, 0.1) is 5.54 Å². The predicted octanol–water partition coefficient (Wildman–Crippen LogP) is 2.90. The quantitative estimate of drug-likeness (QED) is 0.843. The summed E-state index contributed by atoms with van der Waals surface area (Å²) in [4.78, 5) is 12.1. The number of nitrogens with two attached hydrogens (primary N) is 1. The van der Waals surface area contributed by atoms with Crippen LogP contribution in [0.4, 0.5) is 0 Å². The van der Waals surface area contributed by atoms with E-state index in [2.05, 4.69) is 5.32 Å². The van der Waals surface area contributed by atoms with Crippen molar-refractivity contribution in [3.05, 3.63) is 34.9 Å². The van der Waals surface area contributed by atoms with Crippen LogP contribution in [-0.4, -0.2) is 17.5 Å². The van der Waals surface area contributed by atoms with Crippen LogP contribution in [0.15, 0.2) is 24.3 Å². The fraction of sp³-hybridized carbons (Fsp3) is 0.533. The highest BCUT2D eigenvalue weighted by Crippen LogP contribution is 2.13. The minimum absolute atomic E-state index is 0.0506. The fourth-order valence-corrected chi connectivity index (χ4v) is 2.09. The molecule has 1 atom stereocenters. The van der Waals surface area contributed by atoms with Crippen LogP contribution < -0.4 is 11.1 Å². The zero-order valence-electron chi connectivity index (χ0n) is 11.9. The Morgan fingerprint density at radius 2 is 1.84 bits per heavy atom. The van der Waals surface area contributed by atoms with E-state index in [1.54, 1.807) is 0 Å². The maximum Gasteiger partial charge on any atom is 0.240 e. The van der Waals surface area contributed by atoms with Crippen molar-refractivity contribution >= 4 is 17.5 Å². The number of carbonyl (C=O) groups excluding carboxylic acids is 1. The molecule has 1 aromatic carbocycles. The van der Waals surface area contributed by atoms with Gasteiger partial charge in [0.15, 0.2) is 0 Å². The van der Waals surface area contributed by atoms with Crippen molar-refractivity contribution in [3.63, 3.8) is 0 Å². The van der Waals surface area contributed by atoms with Gasteiger partial charge in [-0.05, 0) is 43.9 Å². The van der Waals surface area contributed by atoms with E-state index in [1.165, 1.54) is 0 Å². The van der Waals surface area contributed by atoms with Crippen molar-refractivity contribution < 1.29 is 4.79 Å². The zero-order valence-corrected chi connectivity index (χ0v) is 12.6. The minimum Gasteiger partial charge on any atom is -0.352 e. The van der Waals surface area contributed by atoms with Gasteiger partial charge in [-0.25, -0.2) is 0 Å². The third kappa shape index (κ3) is 4.51. The number of rotatable bonds is 6. The molecule has 1 aromatic rings. The van der Waals surface area contributed by atoms with Gasteiger partial charge in [0.25, 0.3) is 0 Å². The smallest absolute Gasteiger partial charge is 0.240 e. The Bertz CT molecular complexity index is 413. The standard InChI is InChI=1S/C15H23ClN2O/c1-4-15(17,5-2)14(19)18-11(3)10-12-6-8-13(16)9-7-12/h6-9,11H,4-5,10,17H2,1-3H3,(H,18,19). The number of hydrogen-bond donors (Lipinski definition) is 2. The molecule has 0 aliphatic heterocycles. The van der Waals surface area contributed by atoms with Crippen molar-refractivity contribution in [2.75, 3.05) is 0 Å². The Balaban J connectivity index is 2.58. The minimum atomic E-state index is -0.756. The zero-order chi connectivity index (χ0) is 14.5. The summed E-state index contributed by atoms with van der Waals surface area (Å²) in [5.41, 5.74) is 6.46. The Hall–Kier alpha value is -1.06. The van der Waals surface area contributed by atoms with E-state index >= 15 is 0 Å². The summed E-state index contributed by atoms with van der Waals surface area (Å²) in [7, 11) is 0. The van der Waals surface area contributed by atoms with Crippen LogP contribution >= 0.6 is 11.6 Å². The Labute approximate surface area is 120 Å². The molecule has 1 rings (SSSR count). The van der Waals surface area contributed by atoms with Gasteiger partial charge >= 0.3 is 0 Å². The van der Waals surface area contributed by atoms with Crippen LogP contribution in [0.5, 0.6) is 0 Å². The fourth-order valence-electron chi connectivity index (χ4n) is 1.96. The highest BCUT2D eigenvalue weighted by atomic mass is 35.5. The van der Waals surface area contributed by atoms with Crippen LogP contribution in [0.25, 0.3) is 0 Å². The van der Waals surface area contributed by atoms with Crippen LogP contribution in [0.2, 0.25) is 5.02 Å². The summed E-state index contributed by atoms with van der Waals surface area (Å²) >= 11 is 5.84. The topological polar surface area (TPSA) is 55.1 Å². The molecule has 0 bridgehead atoms. The molecule has 3 N–H and O–H groups in total. The van der Waals surface area contributed by atoms with Crippen molar-refractivity contribution in [2.45, 2.75) is 51.6 Å². The lowest BCUT2D eigenvalue weighted by Crippen LogP contribution is -2.55. The van der Waals surface area contributed by atoms with Gasteiger partial charge in [-0.3, -0.25) is 4.79 Å². The molecular formula is C15H23ClN2O. The molecular weight excluding hydrogens is 260 g/mol. The molecule has 0 aliphatic carbocycles. The molecule has 106 valence electrons. The molecule has 1 amide bonds. The van der Waals surface area contributed by atoms with Gasteiger partial charge in [0.2, 0.25) is 5.91 Å². The van der Waals surface area contributed by atoms with E-state index in [1.807, 2.05) is 45.0 Å². The Morgan fingerprint density at radius 1 is 1.32 bits per heavy atom. The second-order valence-electron chi connectivity index (χ2n) is 5.07. The average Bonchev–Trinajstić information content (AvgIpc) is 2.40. The molecule has 1 unspecified atom stereocenters. The number of amides is 1. The Kier molecular flexibility index (Phi) is 5.83. The molecule has 0 heterocycles. The normalized spacial score (nSPS) is 13.1. The first-order valence-corrected chi connectivity index (χ1v) is 7.13. The highest BCUT2D eigenvalue weighted by Gasteiger charge is 2.30. The largest absolute Gasteiger partial charge is 0.352 e. The molecule has 0 saturated heterocycles. The number of nitrogens with one attached hydrogen (secondary N) is 1. The van der Waals surface area contributed by atoms with E-state index in [4.69, 9.17) is 17.3 Å². The summed E-state index contributed by atoms with van der Waals surface area (Å²) in [5, 5.41) is 3.71. The number of carbonyl (C=O) groups is 1. The molecule has 0 aliphatic rings. The third-order valence-electron chi connectivity index (χ3n) is 3.55. The van der Waals surface area contributed by atoms with Crippen molar-refractivity contribution in [2.24, 2.45) is 5.73 Å². The lowest BCUT2D eigenvalue weighted by molar-refractivity contribution is -0.127. The van der Waals surface area contributed by atoms with E-state index < -0.39 is 5.54 Å². The van der Waals surface area contributed by atoms with Gasteiger partial charge in [-0.1, -0.05) is 37.6 Å². The van der Waals surface area contributed by atoms with Crippen LogP contribution in [0.1, 0.15) is 39.2 Å². The first-order valence-electron chi connectivity index (χ1n) is 6.75. The van der Waals surface area contributed by atoms with E-state index in [-0.39, 0.29) is 11.9 Å². The van der Waals surface area contributed by atoms with Gasteiger partial charge in [0, 0.05) is 11.1 Å². The van der Waals surface area contributed by atoms with Gasteiger partial charge < -0.3 is 11.1 Å². The lowest BCUT2D eigenvalue weighted by Gasteiger charge is -2.27. The van der Waals surface area contributed by atoms with E-state index in [0.29, 0.717) is 12.8 Å². The third-order valence-corrected chi connectivity index (χ3v) is 3.80. The SMILES string of the molecule is CCC(N)(CC)C(=O)NC(C)Cc1ccc(Cl)cc1. The summed E-state index contributed by atoms with van der Waals surface area (Å²) < 4.78 is 0. The molecule has 3 nitrogen and oxygen atoms in total. The second kappa shape index (κ2) is 6.92. The second-order valence-corrected chi connectivity index (χ2v) is 5.50. The molecule has 0 saturated carbocycles. The van der Waals surface area contributed by atoms with Crippen LogP contribution in [0, 0.1) is 0 Å². The first kappa shape index (κ1) is 16.0. The number of benzene rings is 1. The maximum absolute atomic E-state index is 12.1. The molecule has 0 radical (unpaired) electrons. The monoisotopic (exact) mass is 282 g/mol. The lowest BCUT2D eigenvalue weighted by atomic mass is 9.92. The molecule has 4 heteroatoms. The van der Waals surface area contributed by atoms with Crippen LogP contribution in [0.3, 0.4) is 0 Å². The van der Waals surface area contributed by atoms with Gasteiger partial charge in [-0.2, -0.15) is 0 Å². The Morgan fingerprint density at radius 3 is 2.32 bits per heavy atom. The van der Waals surface area contributed by atoms with Gasteiger partial charge in [-0.15, -0.1) is 0 Å².